The number of nitrogens with zero attached hydrogens (tertiary/aromatic N) is 1. The van der Waals surface area contributed by atoms with Gasteiger partial charge in [0.15, 0.2) is 0 Å². The van der Waals surface area contributed by atoms with Crippen molar-refractivity contribution in [2.45, 2.75) is 25.0 Å². The fourth-order valence-corrected chi connectivity index (χ4v) is 1.48. The molecule has 6 heteroatoms. The molecule has 0 radical (unpaired) electrons. The highest BCUT2D eigenvalue weighted by Gasteiger charge is 2.33. The van der Waals surface area contributed by atoms with Crippen LogP contribution in [0.4, 0.5) is 4.79 Å². The predicted octanol–water partition coefficient (Wildman–Crippen LogP) is -1.62. The van der Waals surface area contributed by atoms with Crippen LogP contribution in [0.2, 0.25) is 0 Å². The van der Waals surface area contributed by atoms with Crippen LogP contribution in [0.5, 0.6) is 0 Å². The highest BCUT2D eigenvalue weighted by molar-refractivity contribution is 5.85. The van der Waals surface area contributed by atoms with Crippen molar-refractivity contribution in [2.75, 3.05) is 6.54 Å². The third kappa shape index (κ3) is 2.09. The Morgan fingerprint density at radius 2 is 2.00 bits per heavy atom. The van der Waals surface area contributed by atoms with Gasteiger partial charge in [0.05, 0.1) is 6.10 Å². The van der Waals surface area contributed by atoms with Gasteiger partial charge in [-0.05, 0) is 6.42 Å². The number of carbonyl (C=O) groups is 2. The maximum Gasteiger partial charge on any atom is 0.315 e. The quantitative estimate of drug-likeness (QED) is 0.458. The molecule has 1 saturated heterocycles. The summed E-state index contributed by atoms with van der Waals surface area (Å²) in [7, 11) is 0. The van der Waals surface area contributed by atoms with Crippen LogP contribution in [0.15, 0.2) is 0 Å². The van der Waals surface area contributed by atoms with E-state index in [9.17, 15) is 14.7 Å². The van der Waals surface area contributed by atoms with E-state index in [1.54, 1.807) is 0 Å². The Hall–Kier alpha value is -1.30. The Kier molecular flexibility index (Phi) is 2.72. The number of piperidine rings is 1. The fourth-order valence-electron chi connectivity index (χ4n) is 1.48. The lowest BCUT2D eigenvalue weighted by molar-refractivity contribution is -0.124. The van der Waals surface area contributed by atoms with Gasteiger partial charge in [0.25, 0.3) is 0 Å². The van der Waals surface area contributed by atoms with Gasteiger partial charge in [-0.2, -0.15) is 0 Å². The second-order valence-electron chi connectivity index (χ2n) is 3.13. The number of hydrogen-bond acceptors (Lipinski definition) is 3. The molecule has 6 nitrogen and oxygen atoms in total. The van der Waals surface area contributed by atoms with E-state index in [0.717, 1.165) is 0 Å². The van der Waals surface area contributed by atoms with E-state index < -0.39 is 24.1 Å². The molecule has 13 heavy (non-hydrogen) atoms. The zero-order valence-electron chi connectivity index (χ0n) is 7.14. The van der Waals surface area contributed by atoms with E-state index in [0.29, 0.717) is 6.42 Å². The number of rotatable bonds is 1. The van der Waals surface area contributed by atoms with Crippen molar-refractivity contribution in [3.8, 4) is 0 Å². The second kappa shape index (κ2) is 3.61. The van der Waals surface area contributed by atoms with Gasteiger partial charge in [-0.15, -0.1) is 0 Å². The molecule has 0 aliphatic carbocycles. The topological polar surface area (TPSA) is 110 Å². The number of amides is 3. The third-order valence-electron chi connectivity index (χ3n) is 2.19. The largest absolute Gasteiger partial charge is 0.393 e. The fraction of sp³-hybridized carbons (Fsp3) is 0.714. The smallest absolute Gasteiger partial charge is 0.315 e. The van der Waals surface area contributed by atoms with Gasteiger partial charge in [0.2, 0.25) is 5.91 Å². The Balaban J connectivity index is 2.72. The van der Waals surface area contributed by atoms with Crippen molar-refractivity contribution < 1.29 is 14.7 Å². The number of urea groups is 1. The van der Waals surface area contributed by atoms with Crippen LogP contribution in [-0.4, -0.2) is 40.6 Å². The van der Waals surface area contributed by atoms with Crippen molar-refractivity contribution in [1.82, 2.24) is 4.90 Å². The highest BCUT2D eigenvalue weighted by Crippen LogP contribution is 2.16. The first-order chi connectivity index (χ1) is 6.02. The number of aliphatic hydroxyl groups is 1. The van der Waals surface area contributed by atoms with Crippen LogP contribution >= 0.6 is 0 Å². The molecule has 0 aromatic carbocycles. The normalized spacial score (nSPS) is 28.5. The Labute approximate surface area is 75.5 Å². The Morgan fingerprint density at radius 1 is 1.38 bits per heavy atom. The average Bonchev–Trinajstić information content (AvgIpc) is 2.03. The first-order valence-corrected chi connectivity index (χ1v) is 4.06. The number of carbonyl (C=O) groups excluding carboxylic acids is 2. The summed E-state index contributed by atoms with van der Waals surface area (Å²) < 4.78 is 0. The lowest BCUT2D eigenvalue weighted by atomic mass is 9.99. The van der Waals surface area contributed by atoms with Gasteiger partial charge in [0, 0.05) is 13.0 Å². The summed E-state index contributed by atoms with van der Waals surface area (Å²) in [6.07, 6.45) is 0.0402. The number of primary amides is 2. The van der Waals surface area contributed by atoms with Gasteiger partial charge in [-0.1, -0.05) is 0 Å². The van der Waals surface area contributed by atoms with Crippen molar-refractivity contribution in [1.29, 1.82) is 0 Å². The summed E-state index contributed by atoms with van der Waals surface area (Å²) in [6, 6.07) is -1.43. The van der Waals surface area contributed by atoms with Crippen LogP contribution in [0.1, 0.15) is 12.8 Å². The SMILES string of the molecule is NC(=O)C1CC(O)CCN1C(N)=O. The lowest BCUT2D eigenvalue weighted by Gasteiger charge is -2.34. The molecule has 5 N–H and O–H groups in total. The lowest BCUT2D eigenvalue weighted by Crippen LogP contribution is -2.55. The van der Waals surface area contributed by atoms with E-state index >= 15 is 0 Å². The van der Waals surface area contributed by atoms with E-state index in [-0.39, 0.29) is 13.0 Å². The summed E-state index contributed by atoms with van der Waals surface area (Å²) >= 11 is 0. The maximum absolute atomic E-state index is 10.9. The minimum Gasteiger partial charge on any atom is -0.393 e. The first-order valence-electron chi connectivity index (χ1n) is 4.06. The average molecular weight is 187 g/mol. The molecule has 0 saturated carbocycles. The molecule has 0 aromatic heterocycles. The molecule has 1 aliphatic rings. The summed E-state index contributed by atoms with van der Waals surface area (Å²) in [4.78, 5) is 22.9. The van der Waals surface area contributed by atoms with Crippen molar-refractivity contribution in [3.05, 3.63) is 0 Å². The number of aliphatic hydroxyl groups excluding tert-OH is 1. The molecule has 74 valence electrons. The molecule has 0 bridgehead atoms. The zero-order valence-corrected chi connectivity index (χ0v) is 7.14. The number of hydrogen-bond donors (Lipinski definition) is 3. The zero-order chi connectivity index (χ0) is 10.0. The van der Waals surface area contributed by atoms with Crippen LogP contribution in [0.25, 0.3) is 0 Å². The minimum atomic E-state index is -0.763. The van der Waals surface area contributed by atoms with Crippen molar-refractivity contribution >= 4 is 11.9 Å². The van der Waals surface area contributed by atoms with Crippen LogP contribution in [-0.2, 0) is 4.79 Å². The molecule has 2 atom stereocenters. The van der Waals surface area contributed by atoms with Gasteiger partial charge >= 0.3 is 6.03 Å². The molecule has 1 heterocycles. The van der Waals surface area contributed by atoms with Gasteiger partial charge in [-0.25, -0.2) is 4.79 Å². The van der Waals surface area contributed by atoms with E-state index in [2.05, 4.69) is 0 Å². The van der Waals surface area contributed by atoms with Crippen molar-refractivity contribution in [3.63, 3.8) is 0 Å². The third-order valence-corrected chi connectivity index (χ3v) is 2.19. The molecule has 1 fully saturated rings. The van der Waals surface area contributed by atoms with Crippen LogP contribution in [0.3, 0.4) is 0 Å². The monoisotopic (exact) mass is 187 g/mol. The predicted molar refractivity (Wildman–Crippen MR) is 44.5 cm³/mol. The molecule has 1 rings (SSSR count). The van der Waals surface area contributed by atoms with Gasteiger partial charge in [-0.3, -0.25) is 4.79 Å². The van der Waals surface area contributed by atoms with Crippen LogP contribution in [0, 0.1) is 0 Å². The van der Waals surface area contributed by atoms with Gasteiger partial charge < -0.3 is 21.5 Å². The first kappa shape index (κ1) is 9.79. The number of nitrogens with two attached hydrogens (primary N) is 2. The highest BCUT2D eigenvalue weighted by atomic mass is 16.3. The van der Waals surface area contributed by atoms with Gasteiger partial charge in [0.1, 0.15) is 6.04 Å². The summed E-state index contributed by atoms with van der Waals surface area (Å²) in [6.45, 7) is 0.282. The molecule has 0 spiro atoms. The molecular weight excluding hydrogens is 174 g/mol. The molecule has 0 aromatic rings. The Bertz CT molecular complexity index is 231. The second-order valence-corrected chi connectivity index (χ2v) is 3.13. The number of likely N-dealkylation sites (tertiary alicyclic amines) is 1. The van der Waals surface area contributed by atoms with E-state index in [1.165, 1.54) is 4.90 Å². The molecule has 3 amide bonds. The van der Waals surface area contributed by atoms with Crippen molar-refractivity contribution in [2.24, 2.45) is 11.5 Å². The van der Waals surface area contributed by atoms with E-state index in [1.807, 2.05) is 0 Å². The maximum atomic E-state index is 10.9. The summed E-state index contributed by atoms with van der Waals surface area (Å²) in [5.74, 6) is -0.627. The summed E-state index contributed by atoms with van der Waals surface area (Å²) in [5.41, 5.74) is 10.1. The molecule has 2 unspecified atom stereocenters. The molecular formula is C7H13N3O3. The van der Waals surface area contributed by atoms with E-state index in [4.69, 9.17) is 11.5 Å². The molecule has 1 aliphatic heterocycles. The Morgan fingerprint density at radius 3 is 2.46 bits per heavy atom. The summed E-state index contributed by atoms with van der Waals surface area (Å²) in [5, 5.41) is 9.24. The standard InChI is InChI=1S/C7H13N3O3/c8-6(12)5-3-4(11)1-2-10(5)7(9)13/h4-5,11H,1-3H2,(H2,8,12)(H2,9,13). The minimum absolute atomic E-state index is 0.179. The van der Waals surface area contributed by atoms with Crippen LogP contribution < -0.4 is 11.5 Å².